The van der Waals surface area contributed by atoms with E-state index in [4.69, 9.17) is 0 Å². The number of rotatable bonds is 5. The molecule has 0 radical (unpaired) electrons. The number of carbonyl (C=O) groups is 1. The van der Waals surface area contributed by atoms with Crippen molar-refractivity contribution in [1.29, 1.82) is 0 Å². The number of hydrogen-bond acceptors (Lipinski definition) is 3. The third kappa shape index (κ3) is 6.60. The van der Waals surface area contributed by atoms with Gasteiger partial charge in [0.25, 0.3) is 0 Å². The van der Waals surface area contributed by atoms with Crippen LogP contribution in [0.3, 0.4) is 0 Å². The Morgan fingerprint density at radius 3 is 2.55 bits per heavy atom. The fourth-order valence-corrected chi connectivity index (χ4v) is 0.324. The highest BCUT2D eigenvalue weighted by molar-refractivity contribution is 5.65. The van der Waals surface area contributed by atoms with Gasteiger partial charge in [-0.3, -0.25) is 4.84 Å². The van der Waals surface area contributed by atoms with Crippen LogP contribution >= 0.6 is 0 Å². The van der Waals surface area contributed by atoms with E-state index in [2.05, 4.69) is 22.7 Å². The van der Waals surface area contributed by atoms with Crippen LogP contribution in [0, 0.1) is 0 Å². The van der Waals surface area contributed by atoms with E-state index in [1.165, 1.54) is 12.2 Å². The molecule has 0 saturated heterocycles. The average molecular weight is 157 g/mol. The number of carbonyl (C=O) groups excluding carboxylic acids is 1. The van der Waals surface area contributed by atoms with E-state index >= 15 is 0 Å². The standard InChI is InChI=1S/C7H11NO3/c1-3-5-10-7(9)8-11-6-4-2/h3-4H,1-2,5-6H2,(H,8,9). The molecule has 0 atom stereocenters. The van der Waals surface area contributed by atoms with E-state index < -0.39 is 6.09 Å². The van der Waals surface area contributed by atoms with Crippen molar-refractivity contribution in [2.24, 2.45) is 0 Å². The van der Waals surface area contributed by atoms with Crippen LogP contribution in [0.25, 0.3) is 0 Å². The van der Waals surface area contributed by atoms with E-state index in [9.17, 15) is 4.79 Å². The second-order valence-corrected chi connectivity index (χ2v) is 1.59. The van der Waals surface area contributed by atoms with Crippen molar-refractivity contribution in [1.82, 2.24) is 5.48 Å². The van der Waals surface area contributed by atoms with Crippen molar-refractivity contribution in [3.63, 3.8) is 0 Å². The normalized spacial score (nSPS) is 8.36. The predicted molar refractivity (Wildman–Crippen MR) is 40.8 cm³/mol. The lowest BCUT2D eigenvalue weighted by atomic mass is 10.7. The second-order valence-electron chi connectivity index (χ2n) is 1.59. The smallest absolute Gasteiger partial charge is 0.431 e. The molecule has 4 nitrogen and oxygen atoms in total. The fourth-order valence-electron chi connectivity index (χ4n) is 0.324. The van der Waals surface area contributed by atoms with Crippen molar-refractivity contribution in [2.75, 3.05) is 13.2 Å². The molecule has 11 heavy (non-hydrogen) atoms. The monoisotopic (exact) mass is 157 g/mol. The summed E-state index contributed by atoms with van der Waals surface area (Å²) in [6.07, 6.45) is 2.34. The van der Waals surface area contributed by atoms with Gasteiger partial charge in [0.05, 0.1) is 6.61 Å². The van der Waals surface area contributed by atoms with E-state index in [1.54, 1.807) is 0 Å². The maximum Gasteiger partial charge on any atom is 0.431 e. The number of hydrogen-bond donors (Lipinski definition) is 1. The van der Waals surface area contributed by atoms with Gasteiger partial charge in [-0.1, -0.05) is 18.7 Å². The predicted octanol–water partition coefficient (Wildman–Crippen LogP) is 1.02. The Labute approximate surface area is 65.4 Å². The SMILES string of the molecule is C=CCONC(=O)OCC=C. The zero-order chi connectivity index (χ0) is 8.53. The van der Waals surface area contributed by atoms with Gasteiger partial charge in [-0.25, -0.2) is 4.79 Å². The number of hydroxylamine groups is 1. The summed E-state index contributed by atoms with van der Waals surface area (Å²) in [4.78, 5) is 15.1. The minimum atomic E-state index is -0.633. The third-order valence-corrected chi connectivity index (χ3v) is 0.689. The Balaban J connectivity index is 3.21. The molecule has 0 bridgehead atoms. The van der Waals surface area contributed by atoms with Crippen LogP contribution in [-0.2, 0) is 9.57 Å². The molecule has 0 aliphatic heterocycles. The Kier molecular flexibility index (Phi) is 6.02. The van der Waals surface area contributed by atoms with Gasteiger partial charge in [-0.05, 0) is 0 Å². The molecular formula is C7H11NO3. The first kappa shape index (κ1) is 9.71. The van der Waals surface area contributed by atoms with Crippen LogP contribution in [0.15, 0.2) is 25.3 Å². The van der Waals surface area contributed by atoms with Crippen molar-refractivity contribution < 1.29 is 14.4 Å². The zero-order valence-electron chi connectivity index (χ0n) is 6.21. The maximum absolute atomic E-state index is 10.5. The molecule has 62 valence electrons. The van der Waals surface area contributed by atoms with Gasteiger partial charge in [-0.15, -0.1) is 6.58 Å². The van der Waals surface area contributed by atoms with E-state index in [0.717, 1.165) is 0 Å². The van der Waals surface area contributed by atoms with Gasteiger partial charge in [0, 0.05) is 0 Å². The molecule has 0 saturated carbocycles. The summed E-state index contributed by atoms with van der Waals surface area (Å²) in [7, 11) is 0. The average Bonchev–Trinajstić information content (AvgIpc) is 2.01. The molecule has 0 heterocycles. The van der Waals surface area contributed by atoms with Crippen molar-refractivity contribution in [3.8, 4) is 0 Å². The Bertz CT molecular complexity index is 145. The molecule has 0 aromatic carbocycles. The van der Waals surface area contributed by atoms with Crippen LogP contribution in [-0.4, -0.2) is 19.3 Å². The second kappa shape index (κ2) is 6.82. The van der Waals surface area contributed by atoms with Crippen LogP contribution in [0.2, 0.25) is 0 Å². The summed E-state index contributed by atoms with van der Waals surface area (Å²) < 4.78 is 4.51. The molecule has 0 aliphatic carbocycles. The van der Waals surface area contributed by atoms with E-state index in [-0.39, 0.29) is 13.2 Å². The van der Waals surface area contributed by atoms with Crippen LogP contribution < -0.4 is 5.48 Å². The van der Waals surface area contributed by atoms with Gasteiger partial charge in [0.1, 0.15) is 6.61 Å². The molecule has 0 fully saturated rings. The Hall–Kier alpha value is -1.29. The molecular weight excluding hydrogens is 146 g/mol. The molecule has 0 aromatic heterocycles. The Morgan fingerprint density at radius 2 is 2.00 bits per heavy atom. The minimum Gasteiger partial charge on any atom is -0.444 e. The lowest BCUT2D eigenvalue weighted by Crippen LogP contribution is -2.24. The van der Waals surface area contributed by atoms with Crippen LogP contribution in [0.1, 0.15) is 0 Å². The minimum absolute atomic E-state index is 0.170. The molecule has 0 aliphatic rings. The van der Waals surface area contributed by atoms with E-state index in [1.807, 2.05) is 5.48 Å². The first-order valence-electron chi connectivity index (χ1n) is 3.07. The first-order valence-corrected chi connectivity index (χ1v) is 3.07. The summed E-state index contributed by atoms with van der Waals surface area (Å²) in [6, 6.07) is 0. The number of amides is 1. The quantitative estimate of drug-likeness (QED) is 0.368. The van der Waals surface area contributed by atoms with Gasteiger partial charge in [0.2, 0.25) is 0 Å². The summed E-state index contributed by atoms with van der Waals surface area (Å²) in [5.41, 5.74) is 2.04. The molecule has 0 rings (SSSR count). The maximum atomic E-state index is 10.5. The van der Waals surface area contributed by atoms with Crippen molar-refractivity contribution in [3.05, 3.63) is 25.3 Å². The largest absolute Gasteiger partial charge is 0.444 e. The van der Waals surface area contributed by atoms with E-state index in [0.29, 0.717) is 0 Å². The molecule has 1 amide bonds. The third-order valence-electron chi connectivity index (χ3n) is 0.689. The van der Waals surface area contributed by atoms with Crippen molar-refractivity contribution >= 4 is 6.09 Å². The fraction of sp³-hybridized carbons (Fsp3) is 0.286. The van der Waals surface area contributed by atoms with Crippen molar-refractivity contribution in [2.45, 2.75) is 0 Å². The summed E-state index contributed by atoms with van der Waals surface area (Å²) in [6.45, 7) is 7.18. The highest BCUT2D eigenvalue weighted by Crippen LogP contribution is 1.78. The van der Waals surface area contributed by atoms with Crippen LogP contribution in [0.4, 0.5) is 4.79 Å². The lowest BCUT2D eigenvalue weighted by Gasteiger charge is -2.02. The highest BCUT2D eigenvalue weighted by atomic mass is 16.7. The molecule has 0 unspecified atom stereocenters. The van der Waals surface area contributed by atoms with Gasteiger partial charge in [-0.2, -0.15) is 5.48 Å². The Morgan fingerprint density at radius 1 is 1.36 bits per heavy atom. The summed E-state index contributed by atoms with van der Waals surface area (Å²) in [5.74, 6) is 0. The topological polar surface area (TPSA) is 47.6 Å². The molecule has 0 aromatic rings. The summed E-state index contributed by atoms with van der Waals surface area (Å²) >= 11 is 0. The highest BCUT2D eigenvalue weighted by Gasteiger charge is 1.96. The lowest BCUT2D eigenvalue weighted by molar-refractivity contribution is 0.0461. The zero-order valence-corrected chi connectivity index (χ0v) is 6.21. The van der Waals surface area contributed by atoms with Gasteiger partial charge in [0.15, 0.2) is 0 Å². The molecule has 4 heteroatoms. The summed E-state index contributed by atoms with van der Waals surface area (Å²) in [5, 5.41) is 0. The first-order chi connectivity index (χ1) is 5.31. The van der Waals surface area contributed by atoms with Crippen LogP contribution in [0.5, 0.6) is 0 Å². The number of nitrogens with one attached hydrogen (secondary N) is 1. The van der Waals surface area contributed by atoms with Gasteiger partial charge >= 0.3 is 6.09 Å². The number of ether oxygens (including phenoxy) is 1. The molecule has 0 spiro atoms. The van der Waals surface area contributed by atoms with Gasteiger partial charge < -0.3 is 4.74 Å². The molecule has 1 N–H and O–H groups in total.